The van der Waals surface area contributed by atoms with Crippen LogP contribution in [0.2, 0.25) is 0 Å². The van der Waals surface area contributed by atoms with Crippen LogP contribution in [0.5, 0.6) is 0 Å². The molecule has 0 aromatic rings. The molecule has 2 N–H and O–H groups in total. The summed E-state index contributed by atoms with van der Waals surface area (Å²) in [5.41, 5.74) is 0. The fourth-order valence-corrected chi connectivity index (χ4v) is 0.741. The van der Waals surface area contributed by atoms with Gasteiger partial charge in [-0.05, 0) is 6.42 Å². The summed E-state index contributed by atoms with van der Waals surface area (Å²) in [6, 6.07) is 0. The molecule has 0 radical (unpaired) electrons. The Kier molecular flexibility index (Phi) is 7.43. The summed E-state index contributed by atoms with van der Waals surface area (Å²) in [6.07, 6.45) is 0.0961. The number of aliphatic hydroxyl groups excluding tert-OH is 1. The second kappa shape index (κ2) is 5.42. The fraction of sp³-hybridized carbons (Fsp3) is 1.00. The molecule has 0 atom stereocenters. The van der Waals surface area contributed by atoms with Crippen LogP contribution in [0.1, 0.15) is 9.27 Å². The van der Waals surface area contributed by atoms with Crippen molar-refractivity contribution in [2.45, 2.75) is 6.42 Å². The molecule has 0 rings (SSSR count). The molecule has 0 unspecified atom stereocenters. The van der Waals surface area contributed by atoms with Crippen LogP contribution >= 0.6 is 0 Å². The maximum Gasteiger partial charge on any atom is 2.00 e. The van der Waals surface area contributed by atoms with E-state index in [0.717, 1.165) is 0 Å². The summed E-state index contributed by atoms with van der Waals surface area (Å²) in [7, 11) is -3.85. The van der Waals surface area contributed by atoms with Gasteiger partial charge in [-0.3, -0.25) is 4.55 Å². The van der Waals surface area contributed by atoms with Crippen molar-refractivity contribution in [1.82, 2.24) is 0 Å². The largest absolute Gasteiger partial charge is 2.00 e. The summed E-state index contributed by atoms with van der Waals surface area (Å²) in [4.78, 5) is 0. The molecular formula is C3H10MgO4S. The monoisotopic (exact) mass is 166 g/mol. The van der Waals surface area contributed by atoms with Crippen molar-refractivity contribution in [2.24, 2.45) is 0 Å². The third kappa shape index (κ3) is 12.0. The van der Waals surface area contributed by atoms with Crippen molar-refractivity contribution in [1.29, 1.82) is 0 Å². The number of rotatable bonds is 3. The predicted molar refractivity (Wildman–Crippen MR) is 36.1 cm³/mol. The van der Waals surface area contributed by atoms with Gasteiger partial charge in [-0.15, -0.1) is 0 Å². The molecule has 0 heterocycles. The topological polar surface area (TPSA) is 74.6 Å². The SMILES string of the molecule is O=S(=O)(O)CCCO.[H-].[H-].[Mg+2]. The average Bonchev–Trinajstić information content (AvgIpc) is 1.59. The van der Waals surface area contributed by atoms with E-state index < -0.39 is 10.1 Å². The normalized spacial score (nSPS) is 10.4. The molecule has 6 heteroatoms. The van der Waals surface area contributed by atoms with Crippen molar-refractivity contribution in [3.05, 3.63) is 0 Å². The van der Waals surface area contributed by atoms with Crippen LogP contribution < -0.4 is 0 Å². The fourth-order valence-electron chi connectivity index (χ4n) is 0.247. The van der Waals surface area contributed by atoms with Gasteiger partial charge in [0.2, 0.25) is 0 Å². The second-order valence-corrected chi connectivity index (χ2v) is 2.94. The Bertz CT molecular complexity index is 147. The quantitative estimate of drug-likeness (QED) is 0.421. The van der Waals surface area contributed by atoms with Gasteiger partial charge in [0, 0.05) is 6.61 Å². The van der Waals surface area contributed by atoms with E-state index in [2.05, 4.69) is 0 Å². The molecule has 4 nitrogen and oxygen atoms in total. The molecule has 0 aromatic heterocycles. The maximum atomic E-state index is 9.83. The van der Waals surface area contributed by atoms with Crippen LogP contribution in [-0.4, -0.2) is 53.5 Å². The summed E-state index contributed by atoms with van der Waals surface area (Å²) in [6.45, 7) is -0.209. The average molecular weight is 166 g/mol. The van der Waals surface area contributed by atoms with Gasteiger partial charge in [0.1, 0.15) is 0 Å². The van der Waals surface area contributed by atoms with Crippen LogP contribution in [0.4, 0.5) is 0 Å². The standard InChI is InChI=1S/C3H8O4S.Mg.2H/c4-2-1-3-8(5,6)7;;;/h4H,1-3H2,(H,5,6,7);;;/q;+2;2*-1. The molecule has 0 bridgehead atoms. The Morgan fingerprint density at radius 2 is 1.89 bits per heavy atom. The summed E-state index contributed by atoms with van der Waals surface area (Å²) in [5.74, 6) is -0.358. The first-order chi connectivity index (χ1) is 3.56. The Hall–Kier alpha value is 0.636. The Balaban J connectivity index is -0.0000000817. The van der Waals surface area contributed by atoms with Crippen molar-refractivity contribution in [3.8, 4) is 0 Å². The molecule has 0 aliphatic heterocycles. The molecule has 0 saturated carbocycles. The van der Waals surface area contributed by atoms with E-state index in [1.165, 1.54) is 0 Å². The van der Waals surface area contributed by atoms with E-state index >= 15 is 0 Å². The number of hydrogen-bond acceptors (Lipinski definition) is 3. The number of hydrogen-bond donors (Lipinski definition) is 2. The van der Waals surface area contributed by atoms with Gasteiger partial charge in [0.15, 0.2) is 0 Å². The predicted octanol–water partition coefficient (Wildman–Crippen LogP) is -0.899. The zero-order valence-electron chi connectivity index (χ0n) is 6.95. The minimum absolute atomic E-state index is 0. The van der Waals surface area contributed by atoms with Crippen LogP contribution in [0, 0.1) is 0 Å². The van der Waals surface area contributed by atoms with Crippen LogP contribution in [0.25, 0.3) is 0 Å². The summed E-state index contributed by atoms with van der Waals surface area (Å²) < 4.78 is 27.7. The molecule has 9 heavy (non-hydrogen) atoms. The molecule has 0 aliphatic carbocycles. The first kappa shape index (κ1) is 12.3. The van der Waals surface area contributed by atoms with E-state index in [4.69, 9.17) is 9.66 Å². The Morgan fingerprint density at radius 3 is 2.00 bits per heavy atom. The van der Waals surface area contributed by atoms with Crippen molar-refractivity contribution < 1.29 is 20.9 Å². The van der Waals surface area contributed by atoms with Crippen LogP contribution in [0.3, 0.4) is 0 Å². The smallest absolute Gasteiger partial charge is 1.00 e. The molecule has 0 saturated heterocycles. The third-order valence-corrected chi connectivity index (χ3v) is 1.36. The molecule has 54 valence electrons. The van der Waals surface area contributed by atoms with E-state index in [1.807, 2.05) is 0 Å². The van der Waals surface area contributed by atoms with Crippen LogP contribution in [-0.2, 0) is 10.1 Å². The minimum Gasteiger partial charge on any atom is -1.00 e. The molecule has 0 fully saturated rings. The van der Waals surface area contributed by atoms with Gasteiger partial charge in [0.25, 0.3) is 10.1 Å². The van der Waals surface area contributed by atoms with Crippen molar-refractivity contribution in [2.75, 3.05) is 12.4 Å². The van der Waals surface area contributed by atoms with Gasteiger partial charge in [-0.1, -0.05) is 0 Å². The van der Waals surface area contributed by atoms with Crippen molar-refractivity contribution in [3.63, 3.8) is 0 Å². The maximum absolute atomic E-state index is 9.83. The van der Waals surface area contributed by atoms with Gasteiger partial charge in [-0.2, -0.15) is 8.42 Å². The Labute approximate surface area is 73.1 Å². The van der Waals surface area contributed by atoms with Gasteiger partial charge < -0.3 is 7.96 Å². The molecule has 0 aliphatic rings. The molecule has 0 aromatic carbocycles. The zero-order valence-corrected chi connectivity index (χ0v) is 7.18. The minimum atomic E-state index is -3.85. The first-order valence-corrected chi connectivity index (χ1v) is 3.73. The van der Waals surface area contributed by atoms with Crippen LogP contribution in [0.15, 0.2) is 0 Å². The second-order valence-electron chi connectivity index (χ2n) is 1.36. The third-order valence-electron chi connectivity index (χ3n) is 0.560. The van der Waals surface area contributed by atoms with E-state index in [1.54, 1.807) is 0 Å². The Morgan fingerprint density at radius 1 is 1.44 bits per heavy atom. The van der Waals surface area contributed by atoms with Crippen molar-refractivity contribution >= 4 is 33.2 Å². The molecule has 0 spiro atoms. The van der Waals surface area contributed by atoms with E-state index in [0.29, 0.717) is 0 Å². The molecular weight excluding hydrogens is 156 g/mol. The van der Waals surface area contributed by atoms with Gasteiger partial charge in [0.05, 0.1) is 5.75 Å². The summed E-state index contributed by atoms with van der Waals surface area (Å²) >= 11 is 0. The first-order valence-electron chi connectivity index (χ1n) is 2.12. The van der Waals surface area contributed by atoms with Gasteiger partial charge >= 0.3 is 23.1 Å². The summed E-state index contributed by atoms with van der Waals surface area (Å²) in [5, 5.41) is 8.05. The van der Waals surface area contributed by atoms with E-state index in [-0.39, 0.29) is 44.7 Å². The zero-order chi connectivity index (χ0) is 6.62. The van der Waals surface area contributed by atoms with E-state index in [9.17, 15) is 8.42 Å². The molecule has 0 amide bonds. The number of aliphatic hydroxyl groups is 1. The van der Waals surface area contributed by atoms with Gasteiger partial charge in [-0.25, -0.2) is 0 Å².